The number of ether oxygens (including phenoxy) is 2. The molecule has 4 heteroatoms. The van der Waals surface area contributed by atoms with Crippen molar-refractivity contribution in [2.24, 2.45) is 0 Å². The first-order valence-corrected chi connectivity index (χ1v) is 6.76. The minimum absolute atomic E-state index is 0.0496. The molecule has 1 aromatic heterocycles. The molecule has 1 unspecified atom stereocenters. The zero-order valence-corrected chi connectivity index (χ0v) is 10.1. The van der Waals surface area contributed by atoms with Crippen molar-refractivity contribution in [3.8, 4) is 11.5 Å². The van der Waals surface area contributed by atoms with Crippen molar-refractivity contribution in [2.75, 3.05) is 6.61 Å². The monoisotopic (exact) mass is 250 g/mol. The van der Waals surface area contributed by atoms with E-state index in [1.54, 1.807) is 23.1 Å². The molecule has 0 spiro atoms. The van der Waals surface area contributed by atoms with E-state index in [4.69, 9.17) is 9.47 Å². The van der Waals surface area contributed by atoms with Crippen molar-refractivity contribution in [3.63, 3.8) is 0 Å². The van der Waals surface area contributed by atoms with Crippen LogP contribution in [0.1, 0.15) is 0 Å². The van der Waals surface area contributed by atoms with E-state index in [0.29, 0.717) is 6.61 Å². The van der Waals surface area contributed by atoms with Gasteiger partial charge in [0.25, 0.3) is 0 Å². The minimum Gasteiger partial charge on any atom is -0.485 e. The molecule has 1 aliphatic heterocycles. The molecule has 2 nitrogen and oxygen atoms in total. The summed E-state index contributed by atoms with van der Waals surface area (Å²) in [7, 11) is 0. The summed E-state index contributed by atoms with van der Waals surface area (Å²) in [6, 6.07) is 11.9. The average Bonchev–Trinajstić information content (AvgIpc) is 2.82. The number of thioether (sulfide) groups is 1. The molecule has 0 saturated carbocycles. The standard InChI is InChI=1S/C12H10O2S2/c1-2-5-10-9(4-1)13-8-11(14-10)16-12-6-3-7-15-12/h1-7,11H,8H2. The molecule has 1 atom stereocenters. The van der Waals surface area contributed by atoms with E-state index < -0.39 is 0 Å². The van der Waals surface area contributed by atoms with Gasteiger partial charge in [-0.25, -0.2) is 0 Å². The van der Waals surface area contributed by atoms with Gasteiger partial charge in [-0.15, -0.1) is 11.3 Å². The van der Waals surface area contributed by atoms with E-state index in [-0.39, 0.29) is 5.44 Å². The van der Waals surface area contributed by atoms with Crippen LogP contribution < -0.4 is 9.47 Å². The van der Waals surface area contributed by atoms with Crippen LogP contribution >= 0.6 is 23.1 Å². The van der Waals surface area contributed by atoms with E-state index in [0.717, 1.165) is 11.5 Å². The van der Waals surface area contributed by atoms with Gasteiger partial charge >= 0.3 is 0 Å². The smallest absolute Gasteiger partial charge is 0.183 e. The average molecular weight is 250 g/mol. The van der Waals surface area contributed by atoms with Crippen LogP contribution in [0.15, 0.2) is 46.0 Å². The van der Waals surface area contributed by atoms with Gasteiger partial charge in [0.05, 0.1) is 4.21 Å². The Hall–Kier alpha value is -1.13. The minimum atomic E-state index is 0.0496. The highest BCUT2D eigenvalue weighted by Crippen LogP contribution is 2.37. The highest BCUT2D eigenvalue weighted by Gasteiger charge is 2.21. The van der Waals surface area contributed by atoms with E-state index >= 15 is 0 Å². The maximum Gasteiger partial charge on any atom is 0.183 e. The second-order valence-electron chi connectivity index (χ2n) is 3.36. The molecule has 2 heterocycles. The molecule has 16 heavy (non-hydrogen) atoms. The third kappa shape index (κ3) is 2.03. The fourth-order valence-corrected chi connectivity index (χ4v) is 3.38. The molecule has 82 valence electrons. The van der Waals surface area contributed by atoms with Crippen molar-refractivity contribution >= 4 is 23.1 Å². The predicted octanol–water partition coefficient (Wildman–Crippen LogP) is 3.64. The number of benzene rings is 1. The molecule has 0 radical (unpaired) electrons. The van der Waals surface area contributed by atoms with E-state index in [1.807, 2.05) is 30.3 Å². The zero-order valence-electron chi connectivity index (χ0n) is 8.46. The van der Waals surface area contributed by atoms with Crippen LogP contribution in [0.3, 0.4) is 0 Å². The lowest BCUT2D eigenvalue weighted by Crippen LogP contribution is -2.25. The summed E-state index contributed by atoms with van der Waals surface area (Å²) in [4.78, 5) is 0. The Bertz CT molecular complexity index is 468. The predicted molar refractivity (Wildman–Crippen MR) is 66.5 cm³/mol. The normalized spacial score (nSPS) is 18.4. The Morgan fingerprint density at radius 3 is 2.81 bits per heavy atom. The maximum absolute atomic E-state index is 5.85. The van der Waals surface area contributed by atoms with Crippen molar-refractivity contribution in [2.45, 2.75) is 9.65 Å². The molecule has 0 N–H and O–H groups in total. The first kappa shape index (κ1) is 10.1. The number of para-hydroxylation sites is 2. The van der Waals surface area contributed by atoms with E-state index in [2.05, 4.69) is 11.4 Å². The van der Waals surface area contributed by atoms with Gasteiger partial charge in [-0.1, -0.05) is 30.0 Å². The van der Waals surface area contributed by atoms with Gasteiger partial charge in [-0.05, 0) is 23.6 Å². The molecule has 2 aromatic rings. The van der Waals surface area contributed by atoms with Gasteiger partial charge in [0.15, 0.2) is 16.9 Å². The van der Waals surface area contributed by atoms with Crippen LogP contribution in [0.5, 0.6) is 11.5 Å². The van der Waals surface area contributed by atoms with Gasteiger partial charge < -0.3 is 9.47 Å². The summed E-state index contributed by atoms with van der Waals surface area (Å²) >= 11 is 3.43. The highest BCUT2D eigenvalue weighted by atomic mass is 32.2. The molecular weight excluding hydrogens is 240 g/mol. The second-order valence-corrected chi connectivity index (χ2v) is 5.76. The number of hydrogen-bond acceptors (Lipinski definition) is 4. The Balaban J connectivity index is 1.73. The molecule has 0 amide bonds. The van der Waals surface area contributed by atoms with Crippen LogP contribution in [-0.4, -0.2) is 12.0 Å². The first-order valence-electron chi connectivity index (χ1n) is 5.00. The molecule has 3 rings (SSSR count). The lowest BCUT2D eigenvalue weighted by atomic mass is 10.3. The summed E-state index contributed by atoms with van der Waals surface area (Å²) in [6.07, 6.45) is 0. The number of thiophene rings is 1. The molecule has 0 aliphatic carbocycles. The van der Waals surface area contributed by atoms with Crippen LogP contribution in [-0.2, 0) is 0 Å². The summed E-state index contributed by atoms with van der Waals surface area (Å²) in [5.74, 6) is 1.67. The van der Waals surface area contributed by atoms with Gasteiger partial charge in [-0.2, -0.15) is 0 Å². The fourth-order valence-electron chi connectivity index (χ4n) is 1.52. The van der Waals surface area contributed by atoms with Crippen LogP contribution in [0.25, 0.3) is 0 Å². The second kappa shape index (κ2) is 4.39. The molecule has 0 fully saturated rings. The topological polar surface area (TPSA) is 18.5 Å². The van der Waals surface area contributed by atoms with Crippen LogP contribution in [0.2, 0.25) is 0 Å². The summed E-state index contributed by atoms with van der Waals surface area (Å²) in [5.41, 5.74) is 0.0496. The molecule has 0 saturated heterocycles. The van der Waals surface area contributed by atoms with Gasteiger partial charge in [-0.3, -0.25) is 0 Å². The SMILES string of the molecule is c1csc(SC2COc3ccccc3O2)c1. The Morgan fingerprint density at radius 1 is 1.12 bits per heavy atom. The largest absolute Gasteiger partial charge is 0.485 e. The highest BCUT2D eigenvalue weighted by molar-refractivity contribution is 8.01. The fraction of sp³-hybridized carbons (Fsp3) is 0.167. The number of rotatable bonds is 2. The Labute approximate surface area is 102 Å². The molecular formula is C12H10O2S2. The Kier molecular flexibility index (Phi) is 2.76. The molecule has 0 bridgehead atoms. The van der Waals surface area contributed by atoms with E-state index in [1.165, 1.54) is 4.21 Å². The Morgan fingerprint density at radius 2 is 2.00 bits per heavy atom. The molecule has 1 aliphatic rings. The summed E-state index contributed by atoms with van der Waals surface area (Å²) in [6.45, 7) is 0.597. The quantitative estimate of drug-likeness (QED) is 0.810. The van der Waals surface area contributed by atoms with Gasteiger partial charge in [0.1, 0.15) is 6.61 Å². The van der Waals surface area contributed by atoms with Crippen LogP contribution in [0.4, 0.5) is 0 Å². The number of hydrogen-bond donors (Lipinski definition) is 0. The van der Waals surface area contributed by atoms with Crippen molar-refractivity contribution in [1.29, 1.82) is 0 Å². The molecule has 1 aromatic carbocycles. The van der Waals surface area contributed by atoms with Crippen molar-refractivity contribution in [1.82, 2.24) is 0 Å². The third-order valence-electron chi connectivity index (χ3n) is 2.23. The lowest BCUT2D eigenvalue weighted by Gasteiger charge is -2.25. The van der Waals surface area contributed by atoms with Crippen molar-refractivity contribution < 1.29 is 9.47 Å². The number of fused-ring (bicyclic) bond motifs is 1. The summed E-state index contributed by atoms with van der Waals surface area (Å²) in [5, 5.41) is 2.07. The maximum atomic E-state index is 5.85. The van der Waals surface area contributed by atoms with Crippen LogP contribution in [0, 0.1) is 0 Å². The lowest BCUT2D eigenvalue weighted by molar-refractivity contribution is 0.149. The van der Waals surface area contributed by atoms with Gasteiger partial charge in [0.2, 0.25) is 0 Å². The first-order chi connectivity index (χ1) is 7.92. The van der Waals surface area contributed by atoms with E-state index in [9.17, 15) is 0 Å². The van der Waals surface area contributed by atoms with Crippen molar-refractivity contribution in [3.05, 3.63) is 41.8 Å². The zero-order chi connectivity index (χ0) is 10.8. The van der Waals surface area contributed by atoms with Gasteiger partial charge in [0, 0.05) is 0 Å². The summed E-state index contributed by atoms with van der Waals surface area (Å²) < 4.78 is 12.8. The third-order valence-corrected chi connectivity index (χ3v) is 4.33.